The quantitative estimate of drug-likeness (QED) is 0.661. The number of hydrogen-bond acceptors (Lipinski definition) is 7. The van der Waals surface area contributed by atoms with Crippen molar-refractivity contribution in [2.45, 2.75) is 13.8 Å². The molecule has 0 saturated carbocycles. The van der Waals surface area contributed by atoms with Crippen LogP contribution in [0.3, 0.4) is 0 Å². The molecule has 0 saturated heterocycles. The molecule has 130 valence electrons. The second-order valence-electron chi connectivity index (χ2n) is 5.58. The molecule has 1 heterocycles. The number of nitrogens with one attached hydrogen (secondary N) is 1. The monoisotopic (exact) mass is 410 g/mol. The minimum Gasteiger partial charge on any atom is -0.424 e. The lowest BCUT2D eigenvalue weighted by Gasteiger charge is -2.12. The fraction of sp³-hybridized carbons (Fsp3) is 0.111. The van der Waals surface area contributed by atoms with Crippen LogP contribution in [-0.4, -0.2) is 15.0 Å². The summed E-state index contributed by atoms with van der Waals surface area (Å²) in [6.07, 6.45) is 0. The van der Waals surface area contributed by atoms with Crippen molar-refractivity contribution >= 4 is 33.5 Å². The highest BCUT2D eigenvalue weighted by Gasteiger charge is 2.11. The minimum absolute atomic E-state index is 0.0403. The van der Waals surface area contributed by atoms with E-state index >= 15 is 0 Å². The summed E-state index contributed by atoms with van der Waals surface area (Å²) in [5, 5.41) is 11.9. The third kappa shape index (κ3) is 4.07. The van der Waals surface area contributed by atoms with Crippen LogP contribution in [0.2, 0.25) is 0 Å². The lowest BCUT2D eigenvalue weighted by atomic mass is 10.1. The number of nitrogen functional groups attached to an aromatic ring is 1. The fourth-order valence-corrected chi connectivity index (χ4v) is 3.07. The number of nitriles is 1. The molecule has 26 heavy (non-hydrogen) atoms. The van der Waals surface area contributed by atoms with Crippen LogP contribution in [-0.2, 0) is 0 Å². The van der Waals surface area contributed by atoms with Crippen LogP contribution in [0, 0.1) is 25.2 Å². The number of anilines is 3. The van der Waals surface area contributed by atoms with Crippen LogP contribution < -0.4 is 15.8 Å². The molecule has 0 aliphatic rings. The van der Waals surface area contributed by atoms with E-state index < -0.39 is 0 Å². The molecule has 7 nitrogen and oxygen atoms in total. The van der Waals surface area contributed by atoms with Gasteiger partial charge < -0.3 is 15.8 Å². The summed E-state index contributed by atoms with van der Waals surface area (Å²) in [5.74, 6) is 0.964. The zero-order valence-electron chi connectivity index (χ0n) is 14.1. The Labute approximate surface area is 159 Å². The van der Waals surface area contributed by atoms with E-state index in [0.29, 0.717) is 11.3 Å². The Kier molecular flexibility index (Phi) is 5.00. The van der Waals surface area contributed by atoms with Gasteiger partial charge in [-0.1, -0.05) is 15.9 Å². The average Bonchev–Trinajstić information content (AvgIpc) is 2.58. The normalized spacial score (nSPS) is 10.2. The molecule has 1 aromatic heterocycles. The highest BCUT2D eigenvalue weighted by Crippen LogP contribution is 2.30. The first-order valence-electron chi connectivity index (χ1n) is 7.68. The summed E-state index contributed by atoms with van der Waals surface area (Å²) in [4.78, 5) is 12.4. The number of benzene rings is 2. The van der Waals surface area contributed by atoms with Crippen LogP contribution in [0.4, 0.5) is 17.6 Å². The van der Waals surface area contributed by atoms with Gasteiger partial charge >= 0.3 is 6.01 Å². The lowest BCUT2D eigenvalue weighted by molar-refractivity contribution is 0.435. The first-order valence-corrected chi connectivity index (χ1v) is 8.47. The highest BCUT2D eigenvalue weighted by atomic mass is 79.9. The van der Waals surface area contributed by atoms with Gasteiger partial charge in [-0.05, 0) is 61.4 Å². The van der Waals surface area contributed by atoms with Gasteiger partial charge in [0.1, 0.15) is 5.75 Å². The largest absolute Gasteiger partial charge is 0.424 e. The second-order valence-corrected chi connectivity index (χ2v) is 6.50. The lowest BCUT2D eigenvalue weighted by Crippen LogP contribution is -2.05. The van der Waals surface area contributed by atoms with Gasteiger partial charge in [0.2, 0.25) is 11.9 Å². The van der Waals surface area contributed by atoms with E-state index in [9.17, 15) is 0 Å². The number of rotatable bonds is 4. The van der Waals surface area contributed by atoms with Crippen LogP contribution in [0.25, 0.3) is 0 Å². The Morgan fingerprint density at radius 2 is 1.73 bits per heavy atom. The van der Waals surface area contributed by atoms with E-state index in [1.165, 1.54) is 0 Å². The third-order valence-corrected chi connectivity index (χ3v) is 3.98. The van der Waals surface area contributed by atoms with E-state index in [1.807, 2.05) is 26.0 Å². The smallest absolute Gasteiger partial charge is 0.328 e. The molecule has 3 aromatic rings. The molecule has 0 amide bonds. The van der Waals surface area contributed by atoms with Crippen LogP contribution >= 0.6 is 15.9 Å². The molecule has 0 radical (unpaired) electrons. The summed E-state index contributed by atoms with van der Waals surface area (Å²) in [7, 11) is 0. The zero-order chi connectivity index (χ0) is 18.7. The van der Waals surface area contributed by atoms with Gasteiger partial charge in [-0.3, -0.25) is 0 Å². The molecule has 0 aliphatic carbocycles. The Hall–Kier alpha value is -3.18. The third-order valence-electron chi connectivity index (χ3n) is 3.52. The van der Waals surface area contributed by atoms with Crippen molar-refractivity contribution in [1.29, 1.82) is 5.26 Å². The minimum atomic E-state index is 0.0403. The van der Waals surface area contributed by atoms with Crippen molar-refractivity contribution < 1.29 is 4.74 Å². The summed E-state index contributed by atoms with van der Waals surface area (Å²) >= 11 is 3.46. The number of halogens is 1. The van der Waals surface area contributed by atoms with E-state index in [0.717, 1.165) is 21.3 Å². The van der Waals surface area contributed by atoms with Gasteiger partial charge in [-0.15, -0.1) is 0 Å². The molecular weight excluding hydrogens is 396 g/mol. The maximum Gasteiger partial charge on any atom is 0.328 e. The Bertz CT molecular complexity index is 975. The van der Waals surface area contributed by atoms with E-state index in [2.05, 4.69) is 42.3 Å². The number of hydrogen-bond donors (Lipinski definition) is 2. The molecule has 0 aliphatic heterocycles. The first-order chi connectivity index (χ1) is 12.4. The Balaban J connectivity index is 1.87. The highest BCUT2D eigenvalue weighted by molar-refractivity contribution is 9.10. The topological polar surface area (TPSA) is 110 Å². The van der Waals surface area contributed by atoms with Crippen molar-refractivity contribution in [3.05, 3.63) is 57.6 Å². The maximum absolute atomic E-state index is 8.85. The first kappa shape index (κ1) is 17.6. The molecule has 3 N–H and O–H groups in total. The van der Waals surface area contributed by atoms with Gasteiger partial charge in [0.05, 0.1) is 11.6 Å². The van der Waals surface area contributed by atoms with Crippen LogP contribution in [0.5, 0.6) is 11.8 Å². The maximum atomic E-state index is 8.85. The Morgan fingerprint density at radius 3 is 2.35 bits per heavy atom. The fourth-order valence-electron chi connectivity index (χ4n) is 2.38. The van der Waals surface area contributed by atoms with Gasteiger partial charge in [0.25, 0.3) is 0 Å². The predicted octanol–water partition coefficient (Wildman–Crippen LogP) is 4.24. The summed E-state index contributed by atoms with van der Waals surface area (Å²) < 4.78 is 6.82. The molecule has 3 rings (SSSR count). The standard InChI is InChI=1S/C18H15BrN6O/c1-10-7-13(19)8-11(2)15(10)26-18-24-16(21)23-17(25-18)22-14-5-3-12(9-20)4-6-14/h3-8H,1-2H3,(H3,21,22,23,24,25). The van der Waals surface area contributed by atoms with E-state index in [1.54, 1.807) is 24.3 Å². The van der Waals surface area contributed by atoms with Gasteiger partial charge in [-0.25, -0.2) is 0 Å². The second kappa shape index (κ2) is 7.37. The molecule has 0 unspecified atom stereocenters. The summed E-state index contributed by atoms with van der Waals surface area (Å²) in [5.41, 5.74) is 8.95. The summed E-state index contributed by atoms with van der Waals surface area (Å²) in [6, 6.07) is 13.0. The number of ether oxygens (including phenoxy) is 1. The van der Waals surface area contributed by atoms with Gasteiger partial charge in [0, 0.05) is 10.2 Å². The molecule has 0 atom stereocenters. The van der Waals surface area contributed by atoms with E-state index in [-0.39, 0.29) is 17.9 Å². The van der Waals surface area contributed by atoms with Crippen molar-refractivity contribution in [2.75, 3.05) is 11.1 Å². The molecule has 8 heteroatoms. The predicted molar refractivity (Wildman–Crippen MR) is 102 cm³/mol. The van der Waals surface area contributed by atoms with Crippen molar-refractivity contribution in [2.24, 2.45) is 0 Å². The van der Waals surface area contributed by atoms with Crippen molar-refractivity contribution in [3.8, 4) is 17.8 Å². The van der Waals surface area contributed by atoms with Gasteiger partial charge in [-0.2, -0.15) is 20.2 Å². The van der Waals surface area contributed by atoms with Gasteiger partial charge in [0.15, 0.2) is 0 Å². The molecule has 2 aromatic carbocycles. The number of aryl methyl sites for hydroxylation is 2. The molecule has 0 bridgehead atoms. The molecule has 0 fully saturated rings. The SMILES string of the molecule is Cc1cc(Br)cc(C)c1Oc1nc(N)nc(Nc2ccc(C#N)cc2)n1. The molecular formula is C18H15BrN6O. The summed E-state index contributed by atoms with van der Waals surface area (Å²) in [6.45, 7) is 3.88. The van der Waals surface area contributed by atoms with Crippen molar-refractivity contribution in [1.82, 2.24) is 15.0 Å². The number of nitrogens with zero attached hydrogens (tertiary/aromatic N) is 4. The average molecular weight is 411 g/mol. The number of aromatic nitrogens is 3. The Morgan fingerprint density at radius 1 is 1.08 bits per heavy atom. The van der Waals surface area contributed by atoms with E-state index in [4.69, 9.17) is 15.7 Å². The van der Waals surface area contributed by atoms with Crippen molar-refractivity contribution in [3.63, 3.8) is 0 Å². The number of nitrogens with two attached hydrogens (primary N) is 1. The van der Waals surface area contributed by atoms with Crippen LogP contribution in [0.1, 0.15) is 16.7 Å². The zero-order valence-corrected chi connectivity index (χ0v) is 15.7. The molecule has 0 spiro atoms. The van der Waals surface area contributed by atoms with Crippen LogP contribution in [0.15, 0.2) is 40.9 Å².